The summed E-state index contributed by atoms with van der Waals surface area (Å²) >= 11 is 0. The molecule has 2 heterocycles. The lowest BCUT2D eigenvalue weighted by Gasteiger charge is -2.35. The van der Waals surface area contributed by atoms with Gasteiger partial charge in [-0.1, -0.05) is 43.2 Å². The van der Waals surface area contributed by atoms with Crippen molar-refractivity contribution in [2.45, 2.75) is 25.7 Å². The summed E-state index contributed by atoms with van der Waals surface area (Å²) in [5, 5.41) is 1.25. The Morgan fingerprint density at radius 1 is 0.897 bits per heavy atom. The molecule has 2 aliphatic heterocycles. The standard InChI is InChI=1S/C21H27N3O4S/c25-20-18-8-4-5-9-19(18)21(26)24(20)16-22-11-13-23(14-12-22)29(27,28)15-10-17-6-2-1-3-7-17/h1-3,6-7,10,15,18-19H,4-5,8-9,11-14,16H2/b15-10+/t18-,19+. The molecule has 29 heavy (non-hydrogen) atoms. The first-order valence-corrected chi connectivity index (χ1v) is 11.8. The van der Waals surface area contributed by atoms with Gasteiger partial charge in [0.15, 0.2) is 0 Å². The van der Waals surface area contributed by atoms with Crippen LogP contribution in [0.3, 0.4) is 0 Å². The molecular formula is C21H27N3O4S. The molecule has 7 nitrogen and oxygen atoms in total. The van der Waals surface area contributed by atoms with Crippen molar-refractivity contribution in [3.8, 4) is 0 Å². The van der Waals surface area contributed by atoms with E-state index in [9.17, 15) is 18.0 Å². The zero-order valence-electron chi connectivity index (χ0n) is 16.4. The van der Waals surface area contributed by atoms with Crippen LogP contribution in [0.2, 0.25) is 0 Å². The molecule has 0 unspecified atom stereocenters. The van der Waals surface area contributed by atoms with E-state index in [1.54, 1.807) is 6.08 Å². The predicted molar refractivity (Wildman–Crippen MR) is 110 cm³/mol. The Morgan fingerprint density at radius 2 is 1.48 bits per heavy atom. The van der Waals surface area contributed by atoms with Gasteiger partial charge in [0.2, 0.25) is 21.8 Å². The molecule has 1 aliphatic carbocycles. The van der Waals surface area contributed by atoms with Crippen molar-refractivity contribution in [2.24, 2.45) is 11.8 Å². The van der Waals surface area contributed by atoms with Gasteiger partial charge in [-0.25, -0.2) is 8.42 Å². The van der Waals surface area contributed by atoms with Crippen molar-refractivity contribution >= 4 is 27.9 Å². The number of benzene rings is 1. The maximum atomic E-state index is 12.6. The summed E-state index contributed by atoms with van der Waals surface area (Å²) in [6.45, 7) is 1.99. The molecule has 3 fully saturated rings. The van der Waals surface area contributed by atoms with Crippen LogP contribution < -0.4 is 0 Å². The average molecular weight is 418 g/mol. The van der Waals surface area contributed by atoms with Gasteiger partial charge in [0.25, 0.3) is 0 Å². The number of sulfonamides is 1. The van der Waals surface area contributed by atoms with E-state index < -0.39 is 10.0 Å². The maximum Gasteiger partial charge on any atom is 0.236 e. The second-order valence-corrected chi connectivity index (χ2v) is 9.84. The molecule has 2 amide bonds. The Morgan fingerprint density at radius 3 is 2.07 bits per heavy atom. The fourth-order valence-electron chi connectivity index (χ4n) is 4.51. The summed E-state index contributed by atoms with van der Waals surface area (Å²) in [6.07, 6.45) is 5.25. The number of piperazine rings is 1. The first-order valence-electron chi connectivity index (χ1n) is 10.3. The summed E-state index contributed by atoms with van der Waals surface area (Å²) in [7, 11) is -3.49. The van der Waals surface area contributed by atoms with Crippen LogP contribution in [0.25, 0.3) is 6.08 Å². The number of imide groups is 1. The Labute approximate surface area is 172 Å². The number of amides is 2. The highest BCUT2D eigenvalue weighted by Crippen LogP contribution is 2.38. The molecule has 0 N–H and O–H groups in total. The number of fused-ring (bicyclic) bond motifs is 1. The second kappa shape index (κ2) is 8.38. The van der Waals surface area contributed by atoms with Crippen molar-refractivity contribution in [1.82, 2.24) is 14.1 Å². The van der Waals surface area contributed by atoms with Crippen molar-refractivity contribution < 1.29 is 18.0 Å². The number of carbonyl (C=O) groups excluding carboxylic acids is 2. The molecule has 2 saturated heterocycles. The first kappa shape index (κ1) is 20.3. The van der Waals surface area contributed by atoms with E-state index in [1.165, 1.54) is 14.6 Å². The predicted octanol–water partition coefficient (Wildman–Crippen LogP) is 1.74. The van der Waals surface area contributed by atoms with Crippen LogP contribution in [0, 0.1) is 11.8 Å². The molecule has 1 saturated carbocycles. The number of nitrogens with zero attached hydrogens (tertiary/aromatic N) is 3. The summed E-state index contributed by atoms with van der Waals surface area (Å²) in [6, 6.07) is 9.32. The number of carbonyl (C=O) groups is 2. The van der Waals surface area contributed by atoms with Crippen molar-refractivity contribution in [2.75, 3.05) is 32.8 Å². The molecule has 1 aromatic carbocycles. The Hall–Kier alpha value is -2.03. The van der Waals surface area contributed by atoms with Gasteiger partial charge >= 0.3 is 0 Å². The Kier molecular flexibility index (Phi) is 5.85. The van der Waals surface area contributed by atoms with Gasteiger partial charge in [-0.15, -0.1) is 0 Å². The summed E-state index contributed by atoms with van der Waals surface area (Å²) in [5.74, 6) is -0.358. The van der Waals surface area contributed by atoms with E-state index in [2.05, 4.69) is 0 Å². The van der Waals surface area contributed by atoms with Crippen LogP contribution in [0.1, 0.15) is 31.2 Å². The molecule has 8 heteroatoms. The molecule has 2 atom stereocenters. The third-order valence-corrected chi connectivity index (χ3v) is 7.76. The Balaban J connectivity index is 1.33. The van der Waals surface area contributed by atoms with Crippen LogP contribution in [0.4, 0.5) is 0 Å². The molecule has 3 aliphatic rings. The van der Waals surface area contributed by atoms with E-state index >= 15 is 0 Å². The third-order valence-electron chi connectivity index (χ3n) is 6.20. The van der Waals surface area contributed by atoms with E-state index in [0.29, 0.717) is 26.2 Å². The van der Waals surface area contributed by atoms with Crippen LogP contribution in [-0.2, 0) is 19.6 Å². The SMILES string of the molecule is O=C1[C@H]2CCCC[C@H]2C(=O)N1CN1CCN(S(=O)(=O)/C=C/c2ccccc2)CC1. The minimum atomic E-state index is -3.49. The highest BCUT2D eigenvalue weighted by Gasteiger charge is 2.48. The van der Waals surface area contributed by atoms with E-state index in [-0.39, 0.29) is 30.3 Å². The number of rotatable bonds is 5. The molecule has 156 valence electrons. The maximum absolute atomic E-state index is 12.6. The molecule has 0 aromatic heterocycles. The van der Waals surface area contributed by atoms with Gasteiger partial charge in [0.05, 0.1) is 18.5 Å². The zero-order valence-corrected chi connectivity index (χ0v) is 17.3. The lowest BCUT2D eigenvalue weighted by atomic mass is 9.81. The lowest BCUT2D eigenvalue weighted by Crippen LogP contribution is -2.52. The van der Waals surface area contributed by atoms with Gasteiger partial charge in [-0.2, -0.15) is 4.31 Å². The zero-order chi connectivity index (χ0) is 20.4. The highest BCUT2D eigenvalue weighted by atomic mass is 32.2. The van der Waals surface area contributed by atoms with Gasteiger partial charge in [0.1, 0.15) is 0 Å². The van der Waals surface area contributed by atoms with Gasteiger partial charge < -0.3 is 0 Å². The minimum Gasteiger partial charge on any atom is -0.283 e. The van der Waals surface area contributed by atoms with E-state index in [0.717, 1.165) is 31.2 Å². The largest absolute Gasteiger partial charge is 0.283 e. The molecule has 0 spiro atoms. The minimum absolute atomic E-state index is 0.0412. The summed E-state index contributed by atoms with van der Waals surface area (Å²) in [5.41, 5.74) is 0.835. The summed E-state index contributed by atoms with van der Waals surface area (Å²) < 4.78 is 26.6. The molecular weight excluding hydrogens is 390 g/mol. The van der Waals surface area contributed by atoms with E-state index in [4.69, 9.17) is 0 Å². The molecule has 0 bridgehead atoms. The lowest BCUT2D eigenvalue weighted by molar-refractivity contribution is -0.142. The molecule has 1 aromatic rings. The number of hydrogen-bond donors (Lipinski definition) is 0. The molecule has 4 rings (SSSR count). The second-order valence-electron chi connectivity index (χ2n) is 8.02. The van der Waals surface area contributed by atoms with Crippen molar-refractivity contribution in [3.63, 3.8) is 0 Å². The van der Waals surface area contributed by atoms with Crippen LogP contribution in [-0.4, -0.2) is 67.2 Å². The van der Waals surface area contributed by atoms with Crippen LogP contribution >= 0.6 is 0 Å². The highest BCUT2D eigenvalue weighted by molar-refractivity contribution is 7.92. The van der Waals surface area contributed by atoms with Crippen molar-refractivity contribution in [1.29, 1.82) is 0 Å². The smallest absolute Gasteiger partial charge is 0.236 e. The van der Waals surface area contributed by atoms with Crippen LogP contribution in [0.5, 0.6) is 0 Å². The normalized spacial score (nSPS) is 27.0. The van der Waals surface area contributed by atoms with Gasteiger partial charge in [0, 0.05) is 31.6 Å². The topological polar surface area (TPSA) is 78.0 Å². The third kappa shape index (κ3) is 4.29. The number of hydrogen-bond acceptors (Lipinski definition) is 5. The van der Waals surface area contributed by atoms with Gasteiger partial charge in [-0.05, 0) is 24.5 Å². The van der Waals surface area contributed by atoms with E-state index in [1.807, 2.05) is 35.2 Å². The van der Waals surface area contributed by atoms with Gasteiger partial charge in [-0.3, -0.25) is 19.4 Å². The monoisotopic (exact) mass is 417 g/mol. The number of likely N-dealkylation sites (tertiary alicyclic amines) is 1. The Bertz CT molecular complexity index is 868. The fourth-order valence-corrected chi connectivity index (χ4v) is 5.68. The summed E-state index contributed by atoms with van der Waals surface area (Å²) in [4.78, 5) is 28.7. The first-order chi connectivity index (χ1) is 14.0. The quantitative estimate of drug-likeness (QED) is 0.682. The molecule has 0 radical (unpaired) electrons. The van der Waals surface area contributed by atoms with Crippen molar-refractivity contribution in [3.05, 3.63) is 41.3 Å². The fraction of sp³-hybridized carbons (Fsp3) is 0.524. The van der Waals surface area contributed by atoms with Crippen LogP contribution in [0.15, 0.2) is 35.7 Å². The average Bonchev–Trinajstić information content (AvgIpc) is 2.99.